The van der Waals surface area contributed by atoms with Gasteiger partial charge in [-0.25, -0.2) is 0 Å². The molecule has 2 aliphatic rings. The summed E-state index contributed by atoms with van der Waals surface area (Å²) in [6.07, 6.45) is 6.02. The minimum Gasteiger partial charge on any atom is -0.353 e. The summed E-state index contributed by atoms with van der Waals surface area (Å²) in [7, 11) is 2.09. The van der Waals surface area contributed by atoms with Gasteiger partial charge in [-0.05, 0) is 46.1 Å². The largest absolute Gasteiger partial charge is 0.353 e. The zero-order chi connectivity index (χ0) is 13.1. The van der Waals surface area contributed by atoms with Gasteiger partial charge in [-0.1, -0.05) is 6.92 Å². The molecular formula is C14H28ClN3O. The maximum absolute atomic E-state index is 11.9. The molecule has 0 aromatic heterocycles. The second kappa shape index (κ2) is 7.46. The van der Waals surface area contributed by atoms with Crippen LogP contribution in [-0.2, 0) is 4.79 Å². The van der Waals surface area contributed by atoms with E-state index in [1.54, 1.807) is 0 Å². The number of nitrogens with zero attached hydrogens (tertiary/aromatic N) is 1. The minimum absolute atomic E-state index is 0. The van der Waals surface area contributed by atoms with E-state index in [2.05, 4.69) is 36.4 Å². The van der Waals surface area contributed by atoms with Crippen LogP contribution in [0, 0.1) is 0 Å². The zero-order valence-electron chi connectivity index (χ0n) is 12.3. The lowest BCUT2D eigenvalue weighted by molar-refractivity contribution is -0.123. The molecule has 2 aliphatic heterocycles. The summed E-state index contributed by atoms with van der Waals surface area (Å²) in [5.74, 6) is 0.165. The molecule has 2 bridgehead atoms. The summed E-state index contributed by atoms with van der Waals surface area (Å²) in [5.41, 5.74) is 0. The Morgan fingerprint density at radius 2 is 1.95 bits per heavy atom. The highest BCUT2D eigenvalue weighted by Crippen LogP contribution is 2.29. The Morgan fingerprint density at radius 3 is 2.47 bits per heavy atom. The average Bonchev–Trinajstić information content (AvgIpc) is 2.67. The summed E-state index contributed by atoms with van der Waals surface area (Å²) < 4.78 is 0. The van der Waals surface area contributed by atoms with E-state index in [-0.39, 0.29) is 24.4 Å². The maximum atomic E-state index is 11.9. The van der Waals surface area contributed by atoms with Crippen molar-refractivity contribution in [2.24, 2.45) is 0 Å². The van der Waals surface area contributed by atoms with Gasteiger partial charge in [0.15, 0.2) is 0 Å². The molecular weight excluding hydrogens is 262 g/mol. The molecule has 3 unspecified atom stereocenters. The molecule has 19 heavy (non-hydrogen) atoms. The van der Waals surface area contributed by atoms with E-state index in [0.717, 1.165) is 6.42 Å². The number of hydrogen-bond donors (Lipinski definition) is 2. The van der Waals surface area contributed by atoms with Crippen LogP contribution in [0.5, 0.6) is 0 Å². The molecule has 4 nitrogen and oxygen atoms in total. The molecule has 2 rings (SSSR count). The zero-order valence-corrected chi connectivity index (χ0v) is 13.1. The number of nitrogens with one attached hydrogen (secondary N) is 2. The molecule has 2 N–H and O–H groups in total. The third-order valence-corrected chi connectivity index (χ3v) is 4.48. The molecule has 2 fully saturated rings. The van der Waals surface area contributed by atoms with Crippen molar-refractivity contribution >= 4 is 18.3 Å². The SMILES string of the molecule is CCC(C)NC(=O)CN(C)C1CC2CCC(C1)N2.Cl. The third-order valence-electron chi connectivity index (χ3n) is 4.48. The summed E-state index contributed by atoms with van der Waals surface area (Å²) in [4.78, 5) is 14.1. The molecule has 0 spiro atoms. The molecule has 2 heterocycles. The van der Waals surface area contributed by atoms with Gasteiger partial charge in [0.05, 0.1) is 6.54 Å². The molecule has 5 heteroatoms. The number of piperidine rings is 1. The molecule has 0 aliphatic carbocycles. The van der Waals surface area contributed by atoms with Gasteiger partial charge in [0, 0.05) is 24.2 Å². The lowest BCUT2D eigenvalue weighted by Crippen LogP contribution is -2.50. The first-order valence-corrected chi connectivity index (χ1v) is 7.34. The molecule has 0 aromatic carbocycles. The highest BCUT2D eigenvalue weighted by Gasteiger charge is 2.35. The molecule has 1 amide bonds. The molecule has 0 saturated carbocycles. The minimum atomic E-state index is 0. The Kier molecular flexibility index (Phi) is 6.57. The van der Waals surface area contributed by atoms with Crippen molar-refractivity contribution in [3.8, 4) is 0 Å². The Hall–Kier alpha value is -0.320. The van der Waals surface area contributed by atoms with Crippen molar-refractivity contribution in [2.75, 3.05) is 13.6 Å². The van der Waals surface area contributed by atoms with Crippen molar-refractivity contribution in [1.82, 2.24) is 15.5 Å². The Labute approximate surface area is 123 Å². The van der Waals surface area contributed by atoms with Gasteiger partial charge in [0.25, 0.3) is 0 Å². The summed E-state index contributed by atoms with van der Waals surface area (Å²) in [5, 5.41) is 6.68. The van der Waals surface area contributed by atoms with Crippen molar-refractivity contribution in [2.45, 2.75) is 70.1 Å². The fourth-order valence-corrected chi connectivity index (χ4v) is 3.17. The van der Waals surface area contributed by atoms with Crippen LogP contribution >= 0.6 is 12.4 Å². The van der Waals surface area contributed by atoms with Crippen molar-refractivity contribution < 1.29 is 4.79 Å². The average molecular weight is 290 g/mol. The van der Waals surface area contributed by atoms with Crippen LogP contribution in [0.25, 0.3) is 0 Å². The molecule has 112 valence electrons. The van der Waals surface area contributed by atoms with Crippen LogP contribution < -0.4 is 10.6 Å². The van der Waals surface area contributed by atoms with Gasteiger partial charge in [0.1, 0.15) is 0 Å². The van der Waals surface area contributed by atoms with E-state index in [1.165, 1.54) is 25.7 Å². The lowest BCUT2D eigenvalue weighted by Gasteiger charge is -2.35. The van der Waals surface area contributed by atoms with Crippen LogP contribution in [-0.4, -0.2) is 48.6 Å². The van der Waals surface area contributed by atoms with E-state index in [9.17, 15) is 4.79 Å². The topological polar surface area (TPSA) is 44.4 Å². The summed E-state index contributed by atoms with van der Waals surface area (Å²) >= 11 is 0. The second-order valence-electron chi connectivity index (χ2n) is 6.06. The van der Waals surface area contributed by atoms with Crippen molar-refractivity contribution in [1.29, 1.82) is 0 Å². The summed E-state index contributed by atoms with van der Waals surface area (Å²) in [6.45, 7) is 4.69. The van der Waals surface area contributed by atoms with Crippen LogP contribution in [0.4, 0.5) is 0 Å². The molecule has 0 aromatic rings. The predicted octanol–water partition coefficient (Wildman–Crippen LogP) is 1.54. The third kappa shape index (κ3) is 4.62. The molecule has 2 saturated heterocycles. The molecule has 3 atom stereocenters. The van der Waals surface area contributed by atoms with Gasteiger partial charge in [-0.15, -0.1) is 12.4 Å². The predicted molar refractivity (Wildman–Crippen MR) is 80.7 cm³/mol. The fourth-order valence-electron chi connectivity index (χ4n) is 3.17. The normalized spacial score (nSPS) is 30.8. The van der Waals surface area contributed by atoms with Gasteiger partial charge in [-0.3, -0.25) is 9.69 Å². The van der Waals surface area contributed by atoms with Crippen LogP contribution in [0.1, 0.15) is 46.0 Å². The first-order valence-electron chi connectivity index (χ1n) is 7.34. The number of likely N-dealkylation sites (N-methyl/N-ethyl adjacent to an activating group) is 1. The highest BCUT2D eigenvalue weighted by molar-refractivity contribution is 5.85. The Morgan fingerprint density at radius 1 is 1.37 bits per heavy atom. The standard InChI is InChI=1S/C14H27N3O.ClH/c1-4-10(2)15-14(18)9-17(3)13-7-11-5-6-12(8-13)16-11;/h10-13,16H,4-9H2,1-3H3,(H,15,18);1H. The van der Waals surface area contributed by atoms with Gasteiger partial charge in [0.2, 0.25) is 5.91 Å². The second-order valence-corrected chi connectivity index (χ2v) is 6.06. The first kappa shape index (κ1) is 16.7. The quantitative estimate of drug-likeness (QED) is 0.807. The number of halogens is 1. The van der Waals surface area contributed by atoms with Gasteiger partial charge < -0.3 is 10.6 Å². The Balaban J connectivity index is 0.00000180. The molecule has 0 radical (unpaired) electrons. The van der Waals surface area contributed by atoms with E-state index >= 15 is 0 Å². The monoisotopic (exact) mass is 289 g/mol. The Bertz CT molecular complexity index is 288. The van der Waals surface area contributed by atoms with Crippen LogP contribution in [0.15, 0.2) is 0 Å². The number of carbonyl (C=O) groups is 1. The number of amides is 1. The lowest BCUT2D eigenvalue weighted by atomic mass is 9.98. The number of fused-ring (bicyclic) bond motifs is 2. The number of rotatable bonds is 5. The van der Waals surface area contributed by atoms with Crippen LogP contribution in [0.3, 0.4) is 0 Å². The number of hydrogen-bond acceptors (Lipinski definition) is 3. The number of carbonyl (C=O) groups excluding carboxylic acids is 1. The van der Waals surface area contributed by atoms with Gasteiger partial charge in [-0.2, -0.15) is 0 Å². The first-order chi connectivity index (χ1) is 8.58. The van der Waals surface area contributed by atoms with Crippen molar-refractivity contribution in [3.05, 3.63) is 0 Å². The van der Waals surface area contributed by atoms with E-state index in [0.29, 0.717) is 24.7 Å². The fraction of sp³-hybridized carbons (Fsp3) is 0.929. The van der Waals surface area contributed by atoms with E-state index in [1.807, 2.05) is 0 Å². The van der Waals surface area contributed by atoms with Crippen LogP contribution in [0.2, 0.25) is 0 Å². The maximum Gasteiger partial charge on any atom is 0.234 e. The smallest absolute Gasteiger partial charge is 0.234 e. The van der Waals surface area contributed by atoms with E-state index < -0.39 is 0 Å². The van der Waals surface area contributed by atoms with Gasteiger partial charge >= 0.3 is 0 Å². The van der Waals surface area contributed by atoms with E-state index in [4.69, 9.17) is 0 Å². The van der Waals surface area contributed by atoms with Crippen molar-refractivity contribution in [3.63, 3.8) is 0 Å². The summed E-state index contributed by atoms with van der Waals surface area (Å²) in [6, 6.07) is 2.24. The highest BCUT2D eigenvalue weighted by atomic mass is 35.5.